The van der Waals surface area contributed by atoms with E-state index >= 15 is 0 Å². The summed E-state index contributed by atoms with van der Waals surface area (Å²) >= 11 is 1.42. The Morgan fingerprint density at radius 1 is 1.08 bits per heavy atom. The topological polar surface area (TPSA) is 64.0 Å². The number of rotatable bonds is 6. The van der Waals surface area contributed by atoms with Gasteiger partial charge >= 0.3 is 0 Å². The molecular formula is C29H28FN3O2S. The highest BCUT2D eigenvalue weighted by atomic mass is 32.2. The minimum atomic E-state index is -0.427. The van der Waals surface area contributed by atoms with E-state index in [1.165, 1.54) is 28.5 Å². The molecule has 0 saturated heterocycles. The largest absolute Gasteiger partial charge is 0.349 e. The molecule has 4 aromatic rings. The maximum Gasteiger partial charge on any atom is 0.266 e. The van der Waals surface area contributed by atoms with Crippen molar-refractivity contribution in [3.8, 4) is 5.69 Å². The molecule has 1 N–H and O–H groups in total. The minimum Gasteiger partial charge on any atom is -0.349 e. The van der Waals surface area contributed by atoms with Crippen LogP contribution in [0.15, 0.2) is 70.6 Å². The summed E-state index contributed by atoms with van der Waals surface area (Å²) in [6.45, 7) is 4.10. The molecule has 1 saturated carbocycles. The molecule has 1 aliphatic carbocycles. The monoisotopic (exact) mass is 501 g/mol. The number of benzene rings is 3. The Balaban J connectivity index is 1.57. The fourth-order valence-electron chi connectivity index (χ4n) is 4.68. The van der Waals surface area contributed by atoms with Gasteiger partial charge in [0.2, 0.25) is 0 Å². The number of hydrogen-bond acceptors (Lipinski definition) is 4. The van der Waals surface area contributed by atoms with Crippen LogP contribution in [0, 0.1) is 19.7 Å². The van der Waals surface area contributed by atoms with Crippen molar-refractivity contribution in [1.82, 2.24) is 14.9 Å². The first-order chi connectivity index (χ1) is 17.4. The second-order valence-electron chi connectivity index (χ2n) is 9.42. The van der Waals surface area contributed by atoms with Crippen LogP contribution in [0.3, 0.4) is 0 Å². The van der Waals surface area contributed by atoms with Crippen LogP contribution in [0.2, 0.25) is 0 Å². The highest BCUT2D eigenvalue weighted by molar-refractivity contribution is 7.98. The molecule has 0 spiro atoms. The molecule has 0 aliphatic heterocycles. The molecule has 1 heterocycles. The van der Waals surface area contributed by atoms with Gasteiger partial charge in [0.05, 0.1) is 16.6 Å². The molecule has 0 bridgehead atoms. The first-order valence-electron chi connectivity index (χ1n) is 12.2. The summed E-state index contributed by atoms with van der Waals surface area (Å²) < 4.78 is 15.6. The van der Waals surface area contributed by atoms with Crippen LogP contribution in [-0.2, 0) is 5.75 Å². The second-order valence-corrected chi connectivity index (χ2v) is 10.4. The number of carbonyl (C=O) groups excluding carboxylic acids is 1. The van der Waals surface area contributed by atoms with E-state index < -0.39 is 5.82 Å². The quantitative estimate of drug-likeness (QED) is 0.256. The molecule has 0 atom stereocenters. The van der Waals surface area contributed by atoms with Crippen molar-refractivity contribution in [1.29, 1.82) is 0 Å². The molecule has 7 heteroatoms. The van der Waals surface area contributed by atoms with Gasteiger partial charge in [0.15, 0.2) is 5.16 Å². The number of fused-ring (bicyclic) bond motifs is 1. The molecule has 184 valence electrons. The summed E-state index contributed by atoms with van der Waals surface area (Å²) in [6.07, 6.45) is 4.25. The zero-order valence-electron chi connectivity index (χ0n) is 20.4. The van der Waals surface area contributed by atoms with E-state index in [9.17, 15) is 14.0 Å². The van der Waals surface area contributed by atoms with Crippen LogP contribution in [0.4, 0.5) is 4.39 Å². The van der Waals surface area contributed by atoms with Gasteiger partial charge in [-0.2, -0.15) is 0 Å². The summed E-state index contributed by atoms with van der Waals surface area (Å²) in [4.78, 5) is 31.3. The van der Waals surface area contributed by atoms with Crippen LogP contribution in [0.25, 0.3) is 16.6 Å². The summed E-state index contributed by atoms with van der Waals surface area (Å²) in [5.74, 6) is 0.0243. The van der Waals surface area contributed by atoms with E-state index in [2.05, 4.69) is 30.4 Å². The number of nitrogens with one attached hydrogen (secondary N) is 1. The van der Waals surface area contributed by atoms with Gasteiger partial charge in [-0.1, -0.05) is 54.4 Å². The van der Waals surface area contributed by atoms with Crippen molar-refractivity contribution < 1.29 is 9.18 Å². The van der Waals surface area contributed by atoms with Crippen LogP contribution in [0.5, 0.6) is 0 Å². The van der Waals surface area contributed by atoms with Gasteiger partial charge in [-0.25, -0.2) is 9.37 Å². The average molecular weight is 502 g/mol. The lowest BCUT2D eigenvalue weighted by atomic mass is 10.1. The molecule has 3 aromatic carbocycles. The lowest BCUT2D eigenvalue weighted by molar-refractivity contribution is 0.0938. The van der Waals surface area contributed by atoms with Gasteiger partial charge in [-0.05, 0) is 74.2 Å². The lowest BCUT2D eigenvalue weighted by Gasteiger charge is -2.15. The minimum absolute atomic E-state index is 0.149. The molecule has 1 amide bonds. The van der Waals surface area contributed by atoms with Crippen LogP contribution < -0.4 is 10.9 Å². The second kappa shape index (κ2) is 10.3. The van der Waals surface area contributed by atoms with Crippen LogP contribution in [-0.4, -0.2) is 21.5 Å². The number of nitrogens with zero attached hydrogens (tertiary/aromatic N) is 2. The number of hydrogen-bond donors (Lipinski definition) is 1. The van der Waals surface area contributed by atoms with Crippen LogP contribution in [0.1, 0.15) is 52.7 Å². The first-order valence-corrected chi connectivity index (χ1v) is 13.2. The molecule has 5 nitrogen and oxygen atoms in total. The maximum absolute atomic E-state index is 14.1. The number of halogens is 1. The van der Waals surface area contributed by atoms with E-state index in [-0.39, 0.29) is 17.5 Å². The SMILES string of the molecule is Cc1ccc(C)c(CSc2nc3cc(C(=O)NC4CCCC4)ccc3c(=O)n2-c2cccc(F)c2)c1. The highest BCUT2D eigenvalue weighted by Gasteiger charge is 2.20. The van der Waals surface area contributed by atoms with Gasteiger partial charge in [0.25, 0.3) is 11.5 Å². The number of carbonyl (C=O) groups is 1. The predicted octanol–water partition coefficient (Wildman–Crippen LogP) is 6.11. The smallest absolute Gasteiger partial charge is 0.266 e. The zero-order valence-corrected chi connectivity index (χ0v) is 21.2. The third-order valence-corrected chi connectivity index (χ3v) is 7.71. The Morgan fingerprint density at radius 3 is 2.67 bits per heavy atom. The van der Waals surface area contributed by atoms with Gasteiger partial charge < -0.3 is 5.32 Å². The molecule has 0 unspecified atom stereocenters. The molecule has 36 heavy (non-hydrogen) atoms. The molecule has 0 radical (unpaired) electrons. The summed E-state index contributed by atoms with van der Waals surface area (Å²) in [5.41, 5.74) is 4.51. The van der Waals surface area contributed by atoms with Gasteiger partial charge in [-0.3, -0.25) is 14.2 Å². The normalized spacial score (nSPS) is 13.9. The van der Waals surface area contributed by atoms with E-state index in [0.29, 0.717) is 33.1 Å². The van der Waals surface area contributed by atoms with E-state index in [0.717, 1.165) is 42.4 Å². The summed E-state index contributed by atoms with van der Waals surface area (Å²) in [7, 11) is 0. The highest BCUT2D eigenvalue weighted by Crippen LogP contribution is 2.27. The fourth-order valence-corrected chi connectivity index (χ4v) is 5.76. The van der Waals surface area contributed by atoms with Crippen molar-refractivity contribution in [2.24, 2.45) is 0 Å². The summed E-state index contributed by atoms with van der Waals surface area (Å²) in [6, 6.07) is 17.4. The Morgan fingerprint density at radius 2 is 1.89 bits per heavy atom. The first kappa shape index (κ1) is 24.3. The maximum atomic E-state index is 14.1. The molecule has 1 aliphatic rings. The molecular weight excluding hydrogens is 473 g/mol. The van der Waals surface area contributed by atoms with E-state index in [4.69, 9.17) is 4.98 Å². The van der Waals surface area contributed by atoms with E-state index in [1.54, 1.807) is 30.3 Å². The number of amides is 1. The van der Waals surface area contributed by atoms with Crippen LogP contribution >= 0.6 is 11.8 Å². The van der Waals surface area contributed by atoms with Gasteiger partial charge in [-0.15, -0.1) is 0 Å². The molecule has 5 rings (SSSR count). The standard InChI is InChI=1S/C29H28FN3O2S/c1-18-10-11-19(2)21(14-18)17-36-29-32-26-15-20(27(34)31-23-7-3-4-8-23)12-13-25(26)28(35)33(29)24-9-5-6-22(30)16-24/h5-6,9-16,23H,3-4,7-8,17H2,1-2H3,(H,31,34). The summed E-state index contributed by atoms with van der Waals surface area (Å²) in [5, 5.41) is 3.93. The Labute approximate surface area is 213 Å². The Kier molecular flexibility index (Phi) is 6.92. The van der Waals surface area contributed by atoms with Crippen molar-refractivity contribution in [2.45, 2.75) is 56.5 Å². The third-order valence-electron chi connectivity index (χ3n) is 6.72. The zero-order chi connectivity index (χ0) is 25.2. The Hall–Kier alpha value is -3.45. The van der Waals surface area contributed by atoms with Crippen molar-refractivity contribution in [2.75, 3.05) is 0 Å². The number of thioether (sulfide) groups is 1. The fraction of sp³-hybridized carbons (Fsp3) is 0.276. The predicted molar refractivity (Wildman–Crippen MR) is 142 cm³/mol. The average Bonchev–Trinajstić information content (AvgIpc) is 3.37. The van der Waals surface area contributed by atoms with Crippen molar-refractivity contribution in [3.63, 3.8) is 0 Å². The Bertz CT molecular complexity index is 1510. The lowest BCUT2D eigenvalue weighted by Crippen LogP contribution is -2.32. The van der Waals surface area contributed by atoms with E-state index in [1.807, 2.05) is 6.92 Å². The van der Waals surface area contributed by atoms with Crippen molar-refractivity contribution in [3.05, 3.63) is 99.1 Å². The number of aryl methyl sites for hydroxylation is 2. The molecule has 1 aromatic heterocycles. The van der Waals surface area contributed by atoms with Gasteiger partial charge in [0, 0.05) is 17.4 Å². The number of aromatic nitrogens is 2. The third kappa shape index (κ3) is 5.07. The molecule has 1 fully saturated rings. The van der Waals surface area contributed by atoms with Gasteiger partial charge in [0.1, 0.15) is 5.82 Å². The van der Waals surface area contributed by atoms with Crippen molar-refractivity contribution >= 4 is 28.6 Å².